The van der Waals surface area contributed by atoms with Crippen molar-refractivity contribution >= 4 is 11.0 Å². The van der Waals surface area contributed by atoms with Crippen LogP contribution in [0.15, 0.2) is 30.6 Å². The molecule has 2 heteroatoms. The van der Waals surface area contributed by atoms with Crippen LogP contribution in [0.4, 0.5) is 0 Å². The molecule has 2 rings (SSSR count). The van der Waals surface area contributed by atoms with Crippen LogP contribution in [0.3, 0.4) is 0 Å². The average molecular weight is 331 g/mol. The van der Waals surface area contributed by atoms with Crippen molar-refractivity contribution in [3.8, 4) is 0 Å². The maximum atomic E-state index is 4.45. The van der Waals surface area contributed by atoms with Gasteiger partial charge in [-0.15, -0.1) is 0 Å². The lowest BCUT2D eigenvalue weighted by molar-refractivity contribution is 0.538. The Morgan fingerprint density at radius 1 is 0.750 bits per heavy atom. The van der Waals surface area contributed by atoms with Crippen molar-refractivity contribution < 1.29 is 0 Å². The number of hydrogen-bond acceptors (Lipinski definition) is 1. The molecule has 1 heterocycles. The number of rotatable bonds is 11. The van der Waals surface area contributed by atoms with E-state index in [4.69, 9.17) is 0 Å². The summed E-state index contributed by atoms with van der Waals surface area (Å²) in [5, 5.41) is 0. The molecule has 2 nitrogen and oxygen atoms in total. The van der Waals surface area contributed by atoms with E-state index in [1.54, 1.807) is 0 Å². The molecular weight excluding hydrogens is 292 g/mol. The molecule has 0 saturated heterocycles. The van der Waals surface area contributed by atoms with Gasteiger partial charge in [0.1, 0.15) is 0 Å². The molecule has 0 radical (unpaired) electrons. The molecule has 0 spiro atoms. The molecule has 24 heavy (non-hydrogen) atoms. The van der Waals surface area contributed by atoms with Gasteiger partial charge in [-0.1, -0.05) is 97.1 Å². The van der Waals surface area contributed by atoms with Gasteiger partial charge in [0, 0.05) is 6.54 Å². The predicted molar refractivity (Wildman–Crippen MR) is 108 cm³/mol. The number of benzene rings is 1. The van der Waals surface area contributed by atoms with E-state index in [0.717, 1.165) is 12.1 Å². The number of fused-ring (bicyclic) bond motifs is 1. The minimum Gasteiger partial charge on any atom is -0.331 e. The monoisotopic (exact) mass is 330 g/mol. The zero-order valence-corrected chi connectivity index (χ0v) is 16.3. The van der Waals surface area contributed by atoms with Crippen LogP contribution in [0.5, 0.6) is 0 Å². The number of hydrogen-bond donors (Lipinski definition) is 0. The molecule has 1 aromatic carbocycles. The molecule has 0 N–H and O–H groups in total. The van der Waals surface area contributed by atoms with Gasteiger partial charge in [0.05, 0.1) is 17.4 Å². The Morgan fingerprint density at radius 2 is 1.29 bits per heavy atom. The summed E-state index contributed by atoms with van der Waals surface area (Å²) in [6.45, 7) is 7.64. The zero-order chi connectivity index (χ0) is 17.5. The van der Waals surface area contributed by atoms with E-state index < -0.39 is 0 Å². The molecule has 0 aliphatic heterocycles. The Balaban J connectivity index is 0.000000891. The second kappa shape index (κ2) is 14.1. The van der Waals surface area contributed by atoms with Gasteiger partial charge < -0.3 is 4.57 Å². The van der Waals surface area contributed by atoms with Crippen molar-refractivity contribution in [3.05, 3.63) is 30.6 Å². The van der Waals surface area contributed by atoms with Crippen molar-refractivity contribution in [2.45, 2.75) is 97.9 Å². The van der Waals surface area contributed by atoms with E-state index in [0.29, 0.717) is 0 Å². The van der Waals surface area contributed by atoms with E-state index in [1.807, 2.05) is 6.33 Å². The molecule has 0 amide bonds. The molecule has 1 aromatic heterocycles. The van der Waals surface area contributed by atoms with Crippen LogP contribution in [0.25, 0.3) is 11.0 Å². The minimum atomic E-state index is 1.11. The van der Waals surface area contributed by atoms with Crippen molar-refractivity contribution in [2.75, 3.05) is 0 Å². The fourth-order valence-electron chi connectivity index (χ4n) is 2.96. The Kier molecular flexibility index (Phi) is 12.2. The minimum absolute atomic E-state index is 1.11. The quantitative estimate of drug-likeness (QED) is 0.393. The van der Waals surface area contributed by atoms with Crippen LogP contribution in [0.1, 0.15) is 91.4 Å². The standard InChI is InChI=1S/C19H30N2.C3H8/c1-2-3-4-5-6-7-8-9-10-13-16-21-17-20-18-14-11-12-15-19(18)21;1-3-2/h11-12,14-15,17H,2-10,13,16H2,1H3;3H2,1-2H3. The third kappa shape index (κ3) is 8.52. The molecule has 0 unspecified atom stereocenters. The number of unbranched alkanes of at least 4 members (excludes halogenated alkanes) is 9. The fraction of sp³-hybridized carbons (Fsp3) is 0.682. The summed E-state index contributed by atoms with van der Waals surface area (Å²) in [6.07, 6.45) is 17.2. The summed E-state index contributed by atoms with van der Waals surface area (Å²) in [6, 6.07) is 8.41. The van der Waals surface area contributed by atoms with E-state index in [2.05, 4.69) is 54.6 Å². The average Bonchev–Trinajstić information content (AvgIpc) is 3.01. The van der Waals surface area contributed by atoms with Gasteiger partial charge in [0.2, 0.25) is 0 Å². The van der Waals surface area contributed by atoms with Crippen molar-refractivity contribution in [3.63, 3.8) is 0 Å². The number of imidazole rings is 1. The summed E-state index contributed by atoms with van der Waals surface area (Å²) >= 11 is 0. The van der Waals surface area contributed by atoms with Crippen LogP contribution in [-0.2, 0) is 6.54 Å². The van der Waals surface area contributed by atoms with Crippen molar-refractivity contribution in [2.24, 2.45) is 0 Å². The Bertz CT molecular complexity index is 515. The summed E-state index contributed by atoms with van der Waals surface area (Å²) in [5.41, 5.74) is 2.39. The van der Waals surface area contributed by atoms with Gasteiger partial charge in [-0.2, -0.15) is 0 Å². The highest BCUT2D eigenvalue weighted by Gasteiger charge is 2.00. The summed E-state index contributed by atoms with van der Waals surface area (Å²) < 4.78 is 2.29. The van der Waals surface area contributed by atoms with Gasteiger partial charge in [0.25, 0.3) is 0 Å². The third-order valence-corrected chi connectivity index (χ3v) is 4.28. The smallest absolute Gasteiger partial charge is 0.0958 e. The van der Waals surface area contributed by atoms with Gasteiger partial charge in [-0.05, 0) is 18.6 Å². The first-order chi connectivity index (χ1) is 11.8. The zero-order valence-electron chi connectivity index (χ0n) is 16.3. The number of nitrogens with zero attached hydrogens (tertiary/aromatic N) is 2. The van der Waals surface area contributed by atoms with E-state index >= 15 is 0 Å². The lowest BCUT2D eigenvalue weighted by Gasteiger charge is -2.05. The molecule has 136 valence electrons. The van der Waals surface area contributed by atoms with Gasteiger partial charge in [-0.25, -0.2) is 4.98 Å². The highest BCUT2D eigenvalue weighted by molar-refractivity contribution is 5.74. The third-order valence-electron chi connectivity index (χ3n) is 4.28. The largest absolute Gasteiger partial charge is 0.331 e. The summed E-state index contributed by atoms with van der Waals surface area (Å²) in [4.78, 5) is 4.45. The first-order valence-corrected chi connectivity index (χ1v) is 10.2. The van der Waals surface area contributed by atoms with Crippen LogP contribution in [0, 0.1) is 0 Å². The first kappa shape index (κ1) is 20.7. The summed E-state index contributed by atoms with van der Waals surface area (Å²) in [7, 11) is 0. The summed E-state index contributed by atoms with van der Waals surface area (Å²) in [5.74, 6) is 0. The number of aryl methyl sites for hydroxylation is 1. The molecular formula is C22H38N2. The number of para-hydroxylation sites is 2. The molecule has 0 atom stereocenters. The van der Waals surface area contributed by atoms with Gasteiger partial charge in [0.15, 0.2) is 0 Å². The van der Waals surface area contributed by atoms with Crippen LogP contribution in [0.2, 0.25) is 0 Å². The van der Waals surface area contributed by atoms with Crippen LogP contribution >= 0.6 is 0 Å². The van der Waals surface area contributed by atoms with Crippen molar-refractivity contribution in [1.29, 1.82) is 0 Å². The Morgan fingerprint density at radius 3 is 1.92 bits per heavy atom. The van der Waals surface area contributed by atoms with E-state index in [9.17, 15) is 0 Å². The maximum absolute atomic E-state index is 4.45. The maximum Gasteiger partial charge on any atom is 0.0958 e. The lowest BCUT2D eigenvalue weighted by Crippen LogP contribution is -1.95. The molecule has 2 aromatic rings. The van der Waals surface area contributed by atoms with Crippen molar-refractivity contribution in [1.82, 2.24) is 9.55 Å². The topological polar surface area (TPSA) is 17.8 Å². The molecule has 0 saturated carbocycles. The van der Waals surface area contributed by atoms with Crippen LogP contribution < -0.4 is 0 Å². The van der Waals surface area contributed by atoms with Gasteiger partial charge >= 0.3 is 0 Å². The molecule has 0 bridgehead atoms. The predicted octanol–water partition coefficient (Wildman–Crippen LogP) is 7.37. The van der Waals surface area contributed by atoms with E-state index in [-0.39, 0.29) is 0 Å². The van der Waals surface area contributed by atoms with Gasteiger partial charge in [-0.3, -0.25) is 0 Å². The Labute approximate surface area is 149 Å². The molecule has 0 aliphatic carbocycles. The number of aromatic nitrogens is 2. The Hall–Kier alpha value is -1.31. The molecule has 0 aliphatic rings. The lowest BCUT2D eigenvalue weighted by atomic mass is 10.1. The first-order valence-electron chi connectivity index (χ1n) is 10.2. The second-order valence-electron chi connectivity index (χ2n) is 6.82. The normalized spacial score (nSPS) is 10.6. The highest BCUT2D eigenvalue weighted by atomic mass is 15.0. The van der Waals surface area contributed by atoms with E-state index in [1.165, 1.54) is 76.1 Å². The second-order valence-corrected chi connectivity index (χ2v) is 6.82. The highest BCUT2D eigenvalue weighted by Crippen LogP contribution is 2.14. The SMILES string of the molecule is CCC.CCCCCCCCCCCCn1cnc2ccccc21. The molecule has 0 fully saturated rings. The fourth-order valence-corrected chi connectivity index (χ4v) is 2.96. The van der Waals surface area contributed by atoms with Crippen LogP contribution in [-0.4, -0.2) is 9.55 Å².